The van der Waals surface area contributed by atoms with Crippen LogP contribution in [0.4, 0.5) is 5.69 Å². The minimum atomic E-state index is 0.307. The third-order valence-corrected chi connectivity index (χ3v) is 4.34. The Bertz CT molecular complexity index is 567. The highest BCUT2D eigenvalue weighted by atomic mass is 79.9. The van der Waals surface area contributed by atoms with Crippen molar-refractivity contribution in [2.24, 2.45) is 5.73 Å². The third-order valence-electron chi connectivity index (χ3n) is 3.65. The molecule has 2 N–H and O–H groups in total. The molecule has 0 bridgehead atoms. The minimum Gasteiger partial charge on any atom is -0.369 e. The van der Waals surface area contributed by atoms with E-state index in [1.165, 1.54) is 22.9 Å². The van der Waals surface area contributed by atoms with Gasteiger partial charge in [-0.3, -0.25) is 0 Å². The summed E-state index contributed by atoms with van der Waals surface area (Å²) in [5.41, 5.74) is 7.39. The van der Waals surface area contributed by atoms with E-state index in [1.807, 2.05) is 0 Å². The van der Waals surface area contributed by atoms with E-state index in [-0.39, 0.29) is 0 Å². The van der Waals surface area contributed by atoms with Crippen molar-refractivity contribution < 1.29 is 0 Å². The van der Waals surface area contributed by atoms with Gasteiger partial charge in [0.1, 0.15) is 0 Å². The number of anilines is 1. The first-order chi connectivity index (χ1) is 8.75. The highest BCUT2D eigenvalue weighted by Gasteiger charge is 2.18. The molecular weight excluding hydrogens is 288 g/mol. The van der Waals surface area contributed by atoms with E-state index in [0.717, 1.165) is 24.0 Å². The van der Waals surface area contributed by atoms with Crippen LogP contribution in [0, 0.1) is 0 Å². The normalized spacial score (nSPS) is 20.3. The molecule has 94 valence electrons. The van der Waals surface area contributed by atoms with Crippen LogP contribution in [0.15, 0.2) is 40.9 Å². The van der Waals surface area contributed by atoms with Crippen molar-refractivity contribution in [1.82, 2.24) is 0 Å². The zero-order chi connectivity index (χ0) is 12.5. The Balaban J connectivity index is 2.09. The molecule has 1 aliphatic heterocycles. The SMILES string of the molecule is NC1CCCN(c2ccc(Br)c3ccccc23)C1. The van der Waals surface area contributed by atoms with E-state index in [0.29, 0.717) is 6.04 Å². The first-order valence-electron chi connectivity index (χ1n) is 6.43. The zero-order valence-electron chi connectivity index (χ0n) is 10.3. The Labute approximate surface area is 116 Å². The third kappa shape index (κ3) is 2.13. The summed E-state index contributed by atoms with van der Waals surface area (Å²) in [7, 11) is 0. The summed E-state index contributed by atoms with van der Waals surface area (Å²) < 4.78 is 1.16. The van der Waals surface area contributed by atoms with E-state index in [9.17, 15) is 0 Å². The molecule has 0 amide bonds. The fraction of sp³-hybridized carbons (Fsp3) is 0.333. The number of rotatable bonds is 1. The maximum Gasteiger partial charge on any atom is 0.0447 e. The molecule has 3 heteroatoms. The van der Waals surface area contributed by atoms with Gasteiger partial charge in [0.15, 0.2) is 0 Å². The van der Waals surface area contributed by atoms with Gasteiger partial charge in [0.05, 0.1) is 0 Å². The average molecular weight is 305 g/mol. The Morgan fingerprint density at radius 2 is 1.89 bits per heavy atom. The molecule has 1 unspecified atom stereocenters. The zero-order valence-corrected chi connectivity index (χ0v) is 11.9. The van der Waals surface area contributed by atoms with Crippen LogP contribution in [0.1, 0.15) is 12.8 Å². The largest absolute Gasteiger partial charge is 0.369 e. The van der Waals surface area contributed by atoms with Crippen LogP contribution in [0.25, 0.3) is 10.8 Å². The lowest BCUT2D eigenvalue weighted by atomic mass is 10.0. The molecule has 1 aliphatic rings. The molecule has 2 nitrogen and oxygen atoms in total. The second-order valence-corrected chi connectivity index (χ2v) is 5.81. The maximum absolute atomic E-state index is 6.09. The van der Waals surface area contributed by atoms with Gasteiger partial charge in [0, 0.05) is 34.7 Å². The van der Waals surface area contributed by atoms with Gasteiger partial charge in [0.25, 0.3) is 0 Å². The van der Waals surface area contributed by atoms with E-state index >= 15 is 0 Å². The first-order valence-corrected chi connectivity index (χ1v) is 7.23. The van der Waals surface area contributed by atoms with Gasteiger partial charge in [-0.05, 0) is 30.4 Å². The highest BCUT2D eigenvalue weighted by molar-refractivity contribution is 9.10. The van der Waals surface area contributed by atoms with Gasteiger partial charge in [-0.15, -0.1) is 0 Å². The number of piperidine rings is 1. The maximum atomic E-state index is 6.09. The summed E-state index contributed by atoms with van der Waals surface area (Å²) in [6.45, 7) is 2.07. The summed E-state index contributed by atoms with van der Waals surface area (Å²) >= 11 is 3.62. The number of nitrogens with zero attached hydrogens (tertiary/aromatic N) is 1. The molecule has 1 heterocycles. The van der Waals surface area contributed by atoms with Crippen LogP contribution in [0.2, 0.25) is 0 Å². The van der Waals surface area contributed by atoms with E-state index < -0.39 is 0 Å². The van der Waals surface area contributed by atoms with Crippen molar-refractivity contribution in [3.05, 3.63) is 40.9 Å². The van der Waals surface area contributed by atoms with Gasteiger partial charge in [0.2, 0.25) is 0 Å². The smallest absolute Gasteiger partial charge is 0.0447 e. The number of benzene rings is 2. The van der Waals surface area contributed by atoms with Gasteiger partial charge >= 0.3 is 0 Å². The summed E-state index contributed by atoms with van der Waals surface area (Å²) in [5, 5.41) is 2.58. The van der Waals surface area contributed by atoms with Gasteiger partial charge in [-0.2, -0.15) is 0 Å². The minimum absolute atomic E-state index is 0.307. The molecule has 0 saturated carbocycles. The first kappa shape index (κ1) is 12.0. The molecule has 0 aliphatic carbocycles. The van der Waals surface area contributed by atoms with Crippen LogP contribution in [0.3, 0.4) is 0 Å². The second kappa shape index (κ2) is 4.90. The fourth-order valence-electron chi connectivity index (χ4n) is 2.75. The molecule has 3 rings (SSSR count). The number of fused-ring (bicyclic) bond motifs is 1. The van der Waals surface area contributed by atoms with Crippen LogP contribution < -0.4 is 10.6 Å². The second-order valence-electron chi connectivity index (χ2n) is 4.96. The Hall–Kier alpha value is -1.06. The predicted octanol–water partition coefficient (Wildman–Crippen LogP) is 3.53. The van der Waals surface area contributed by atoms with Gasteiger partial charge in [-0.1, -0.05) is 40.2 Å². The molecule has 1 saturated heterocycles. The fourth-order valence-corrected chi connectivity index (χ4v) is 3.23. The monoisotopic (exact) mass is 304 g/mol. The van der Waals surface area contributed by atoms with Crippen molar-refractivity contribution in [2.45, 2.75) is 18.9 Å². The van der Waals surface area contributed by atoms with Crippen molar-refractivity contribution in [2.75, 3.05) is 18.0 Å². The van der Waals surface area contributed by atoms with Crippen LogP contribution in [-0.4, -0.2) is 19.1 Å². The molecule has 0 radical (unpaired) electrons. The topological polar surface area (TPSA) is 29.3 Å². The van der Waals surface area contributed by atoms with Crippen LogP contribution in [-0.2, 0) is 0 Å². The quantitative estimate of drug-likeness (QED) is 0.873. The highest BCUT2D eigenvalue weighted by Crippen LogP contribution is 2.33. The standard InChI is InChI=1S/C15H17BrN2/c16-14-7-8-15(13-6-2-1-5-12(13)14)18-9-3-4-11(17)10-18/h1-2,5-8,11H,3-4,9-10,17H2. The Morgan fingerprint density at radius 1 is 1.11 bits per heavy atom. The number of hydrogen-bond acceptors (Lipinski definition) is 2. The lowest BCUT2D eigenvalue weighted by Crippen LogP contribution is -2.42. The van der Waals surface area contributed by atoms with Crippen molar-refractivity contribution in [3.8, 4) is 0 Å². The molecule has 2 aromatic rings. The van der Waals surface area contributed by atoms with Crippen LogP contribution in [0.5, 0.6) is 0 Å². The lowest BCUT2D eigenvalue weighted by molar-refractivity contribution is 0.507. The molecule has 18 heavy (non-hydrogen) atoms. The van der Waals surface area contributed by atoms with Crippen molar-refractivity contribution in [1.29, 1.82) is 0 Å². The van der Waals surface area contributed by atoms with Crippen molar-refractivity contribution >= 4 is 32.4 Å². The van der Waals surface area contributed by atoms with Crippen LogP contribution >= 0.6 is 15.9 Å². The summed E-state index contributed by atoms with van der Waals surface area (Å²) in [6, 6.07) is 13.2. The molecule has 0 spiro atoms. The number of hydrogen-bond donors (Lipinski definition) is 1. The van der Waals surface area contributed by atoms with Crippen molar-refractivity contribution in [3.63, 3.8) is 0 Å². The van der Waals surface area contributed by atoms with E-state index in [2.05, 4.69) is 57.2 Å². The molecule has 1 fully saturated rings. The summed E-state index contributed by atoms with van der Waals surface area (Å²) in [4.78, 5) is 2.42. The number of nitrogens with two attached hydrogens (primary N) is 1. The van der Waals surface area contributed by atoms with E-state index in [4.69, 9.17) is 5.73 Å². The average Bonchev–Trinajstić information content (AvgIpc) is 2.39. The summed E-state index contributed by atoms with van der Waals surface area (Å²) in [6.07, 6.45) is 2.33. The van der Waals surface area contributed by atoms with Gasteiger partial charge in [-0.25, -0.2) is 0 Å². The molecule has 1 atom stereocenters. The predicted molar refractivity (Wildman–Crippen MR) is 81.1 cm³/mol. The van der Waals surface area contributed by atoms with E-state index in [1.54, 1.807) is 0 Å². The summed E-state index contributed by atoms with van der Waals surface area (Å²) in [5.74, 6) is 0. The molecular formula is C15H17BrN2. The van der Waals surface area contributed by atoms with Gasteiger partial charge < -0.3 is 10.6 Å². The number of halogens is 1. The Morgan fingerprint density at radius 3 is 2.67 bits per heavy atom. The molecule has 2 aromatic carbocycles. The lowest BCUT2D eigenvalue weighted by Gasteiger charge is -2.33. The molecule has 0 aromatic heterocycles. The Kier molecular flexibility index (Phi) is 3.27.